The minimum absolute atomic E-state index is 0.122. The first-order valence-electron chi connectivity index (χ1n) is 18.0. The van der Waals surface area contributed by atoms with Gasteiger partial charge in [0.25, 0.3) is 11.8 Å². The second kappa shape index (κ2) is 13.5. The van der Waals surface area contributed by atoms with Crippen LogP contribution >= 0.6 is 0 Å². The van der Waals surface area contributed by atoms with Gasteiger partial charge in [-0.2, -0.15) is 0 Å². The lowest BCUT2D eigenvalue weighted by atomic mass is 9.88. The molecule has 52 heavy (non-hydrogen) atoms. The van der Waals surface area contributed by atoms with Crippen LogP contribution in [0.15, 0.2) is 158 Å². The van der Waals surface area contributed by atoms with Gasteiger partial charge in [-0.15, -0.1) is 0 Å². The molecule has 4 heteroatoms. The molecular formula is C48H40N2O2. The van der Waals surface area contributed by atoms with E-state index < -0.39 is 0 Å². The summed E-state index contributed by atoms with van der Waals surface area (Å²) in [4.78, 5) is 33.2. The van der Waals surface area contributed by atoms with Crippen LogP contribution in [0.5, 0.6) is 0 Å². The van der Waals surface area contributed by atoms with Crippen LogP contribution in [-0.4, -0.2) is 11.8 Å². The first-order valence-corrected chi connectivity index (χ1v) is 18.0. The summed E-state index contributed by atoms with van der Waals surface area (Å²) < 4.78 is 0. The molecule has 4 nitrogen and oxygen atoms in total. The number of amides is 2. The van der Waals surface area contributed by atoms with Crippen molar-refractivity contribution in [1.82, 2.24) is 0 Å². The van der Waals surface area contributed by atoms with E-state index in [-0.39, 0.29) is 23.7 Å². The van der Waals surface area contributed by atoms with Crippen molar-refractivity contribution in [3.8, 4) is 22.3 Å². The largest absolute Gasteiger partial charge is 0.309 e. The van der Waals surface area contributed by atoms with Crippen molar-refractivity contribution in [2.24, 2.45) is 0 Å². The molecule has 0 bridgehead atoms. The fraction of sp³-hybridized carbons (Fsp3) is 0.125. The summed E-state index contributed by atoms with van der Waals surface area (Å²) >= 11 is 0. The number of hydrogen-bond acceptors (Lipinski definition) is 3. The summed E-state index contributed by atoms with van der Waals surface area (Å²) in [7, 11) is 0. The predicted molar refractivity (Wildman–Crippen MR) is 215 cm³/mol. The zero-order valence-corrected chi connectivity index (χ0v) is 29.9. The van der Waals surface area contributed by atoms with Crippen molar-refractivity contribution in [3.05, 3.63) is 180 Å². The molecule has 0 spiro atoms. The summed E-state index contributed by atoms with van der Waals surface area (Å²) in [5.74, 6) is -0.346. The maximum atomic E-state index is 14.8. The molecule has 0 aliphatic carbocycles. The third-order valence-corrected chi connectivity index (χ3v) is 10.2. The maximum absolute atomic E-state index is 14.8. The first-order chi connectivity index (χ1) is 25.3. The zero-order valence-electron chi connectivity index (χ0n) is 29.9. The number of benzene rings is 7. The van der Waals surface area contributed by atoms with Gasteiger partial charge in [0.1, 0.15) is 0 Å². The number of anilines is 4. The summed E-state index contributed by atoms with van der Waals surface area (Å²) in [6.07, 6.45) is 0. The number of carbonyl (C=O) groups is 2. The minimum atomic E-state index is -0.295. The number of nitrogens with zero attached hydrogens (tertiary/aromatic N) is 2. The summed E-state index contributed by atoms with van der Waals surface area (Å²) in [5.41, 5.74) is 10.9. The minimum Gasteiger partial charge on any atom is -0.309 e. The van der Waals surface area contributed by atoms with Crippen molar-refractivity contribution in [2.75, 3.05) is 9.80 Å². The van der Waals surface area contributed by atoms with Gasteiger partial charge in [-0.25, -0.2) is 4.90 Å². The lowest BCUT2D eigenvalue weighted by Crippen LogP contribution is -2.41. The van der Waals surface area contributed by atoms with Crippen molar-refractivity contribution in [1.29, 1.82) is 0 Å². The quantitative estimate of drug-likeness (QED) is 0.150. The zero-order chi connectivity index (χ0) is 35.9. The Kier molecular flexibility index (Phi) is 8.52. The molecule has 1 heterocycles. The van der Waals surface area contributed by atoms with Crippen molar-refractivity contribution in [2.45, 2.75) is 39.5 Å². The number of carbonyl (C=O) groups excluding carboxylic acids is 2. The van der Waals surface area contributed by atoms with Crippen LogP contribution in [0.25, 0.3) is 33.0 Å². The lowest BCUT2D eigenvalue weighted by molar-refractivity contribution is 0.0893. The predicted octanol–water partition coefficient (Wildman–Crippen LogP) is 12.7. The molecule has 0 aromatic heterocycles. The SMILES string of the molecule is CC(C)c1cccc(C(C)C)c1N1C(=O)c2cccc3c(N(c4ccccc4-c4ccccc4)c4ccccc4-c4ccccc4)ccc(c23)C1=O. The van der Waals surface area contributed by atoms with Gasteiger partial charge in [0, 0.05) is 33.0 Å². The molecule has 0 saturated heterocycles. The lowest BCUT2D eigenvalue weighted by Gasteiger charge is -2.34. The first kappa shape index (κ1) is 32.9. The topological polar surface area (TPSA) is 40.6 Å². The van der Waals surface area contributed by atoms with Crippen molar-refractivity contribution in [3.63, 3.8) is 0 Å². The van der Waals surface area contributed by atoms with Gasteiger partial charge in [0.2, 0.25) is 0 Å². The summed E-state index contributed by atoms with van der Waals surface area (Å²) in [6.45, 7) is 8.44. The van der Waals surface area contributed by atoms with Gasteiger partial charge < -0.3 is 4.90 Å². The Labute approximate surface area is 305 Å². The van der Waals surface area contributed by atoms with Gasteiger partial charge in [-0.3, -0.25) is 9.59 Å². The van der Waals surface area contributed by atoms with Crippen molar-refractivity contribution >= 4 is 45.3 Å². The number of hydrogen-bond donors (Lipinski definition) is 0. The van der Waals surface area contributed by atoms with Crippen LogP contribution in [0.1, 0.15) is 71.4 Å². The Morgan fingerprint density at radius 1 is 0.423 bits per heavy atom. The Hall–Kier alpha value is -6.26. The van der Waals surface area contributed by atoms with Gasteiger partial charge in [-0.05, 0) is 64.4 Å². The molecule has 2 amide bonds. The van der Waals surface area contributed by atoms with Crippen LogP contribution in [0.2, 0.25) is 0 Å². The van der Waals surface area contributed by atoms with E-state index in [1.807, 2.05) is 54.6 Å². The van der Waals surface area contributed by atoms with Gasteiger partial charge in [0.05, 0.1) is 22.7 Å². The third-order valence-electron chi connectivity index (χ3n) is 10.2. The highest BCUT2D eigenvalue weighted by Crippen LogP contribution is 2.49. The van der Waals surface area contributed by atoms with E-state index in [0.717, 1.165) is 55.8 Å². The normalized spacial score (nSPS) is 12.6. The number of para-hydroxylation sites is 3. The van der Waals surface area contributed by atoms with E-state index in [1.165, 1.54) is 4.90 Å². The smallest absolute Gasteiger partial charge is 0.266 e. The van der Waals surface area contributed by atoms with Gasteiger partial charge >= 0.3 is 0 Å². The molecule has 0 atom stereocenters. The second-order valence-electron chi connectivity index (χ2n) is 14.0. The molecule has 254 valence electrons. The molecular weight excluding hydrogens is 637 g/mol. The Bertz CT molecular complexity index is 2330. The number of imide groups is 1. The molecule has 1 aliphatic heterocycles. The van der Waals surface area contributed by atoms with Crippen LogP contribution in [-0.2, 0) is 0 Å². The van der Waals surface area contributed by atoms with Gasteiger partial charge in [0.15, 0.2) is 0 Å². The van der Waals surface area contributed by atoms with Crippen LogP contribution in [0, 0.1) is 0 Å². The highest BCUT2D eigenvalue weighted by molar-refractivity contribution is 6.37. The van der Waals surface area contributed by atoms with Crippen molar-refractivity contribution < 1.29 is 9.59 Å². The Morgan fingerprint density at radius 3 is 1.38 bits per heavy atom. The summed E-state index contributed by atoms with van der Waals surface area (Å²) in [5, 5.41) is 1.52. The van der Waals surface area contributed by atoms with Crippen LogP contribution < -0.4 is 9.80 Å². The van der Waals surface area contributed by atoms with E-state index >= 15 is 0 Å². The average molecular weight is 677 g/mol. The van der Waals surface area contributed by atoms with E-state index in [1.54, 1.807) is 0 Å². The molecule has 8 rings (SSSR count). The summed E-state index contributed by atoms with van der Waals surface area (Å²) in [6, 6.07) is 53.6. The van der Waals surface area contributed by atoms with E-state index in [4.69, 9.17) is 0 Å². The van der Waals surface area contributed by atoms with Crippen LogP contribution in [0.3, 0.4) is 0 Å². The molecule has 0 fully saturated rings. The van der Waals surface area contributed by atoms with Crippen LogP contribution in [0.4, 0.5) is 22.7 Å². The third kappa shape index (κ3) is 5.48. The molecule has 7 aromatic carbocycles. The molecule has 0 unspecified atom stereocenters. The van der Waals surface area contributed by atoms with E-state index in [2.05, 4.69) is 136 Å². The standard InChI is InChI=1S/C48H40N2O2/c1-31(2)35-23-15-24-36(32(3)4)46(35)50-47(51)40-26-16-25-39-44(30-29-41(45(39)40)48(50)52)49(42-27-13-11-21-37(42)33-17-7-5-8-18-33)43-28-14-12-22-38(43)34-19-9-6-10-20-34/h5-32H,1-4H3. The second-order valence-corrected chi connectivity index (χ2v) is 14.0. The fourth-order valence-electron chi connectivity index (χ4n) is 7.70. The molecule has 0 N–H and O–H groups in total. The molecule has 0 saturated carbocycles. The Balaban J connectivity index is 1.39. The fourth-order valence-corrected chi connectivity index (χ4v) is 7.70. The van der Waals surface area contributed by atoms with E-state index in [9.17, 15) is 9.59 Å². The highest BCUT2D eigenvalue weighted by atomic mass is 16.2. The van der Waals surface area contributed by atoms with E-state index in [0.29, 0.717) is 22.2 Å². The number of rotatable bonds is 8. The molecule has 0 radical (unpaired) electrons. The molecule has 1 aliphatic rings. The van der Waals surface area contributed by atoms with Gasteiger partial charge in [-0.1, -0.05) is 155 Å². The Morgan fingerprint density at radius 2 is 0.865 bits per heavy atom. The molecule has 7 aromatic rings. The average Bonchev–Trinajstić information content (AvgIpc) is 3.18. The monoisotopic (exact) mass is 676 g/mol. The highest BCUT2D eigenvalue weighted by Gasteiger charge is 2.38. The maximum Gasteiger partial charge on any atom is 0.266 e.